The maximum atomic E-state index is 12.7. The van der Waals surface area contributed by atoms with Crippen LogP contribution in [0.2, 0.25) is 0 Å². The van der Waals surface area contributed by atoms with Crippen molar-refractivity contribution in [3.05, 3.63) is 118 Å². The van der Waals surface area contributed by atoms with Gasteiger partial charge in [0.1, 0.15) is 11.5 Å². The van der Waals surface area contributed by atoms with Crippen molar-refractivity contribution in [3.8, 4) is 5.75 Å². The second-order valence-corrected chi connectivity index (χ2v) is 9.24. The third-order valence-corrected chi connectivity index (χ3v) is 6.12. The van der Waals surface area contributed by atoms with Crippen LogP contribution in [0.5, 0.6) is 5.75 Å². The minimum atomic E-state index is -0.374. The number of hydrogen-bond donors (Lipinski definition) is 3. The molecule has 7 nitrogen and oxygen atoms in total. The van der Waals surface area contributed by atoms with Crippen LogP contribution in [-0.4, -0.2) is 23.5 Å². The van der Waals surface area contributed by atoms with Gasteiger partial charge in [0.05, 0.1) is 23.9 Å². The standard InChI is InChI=1S/C28H24BrN3O4S/c29-24-17-21(11-12-25(24)36-15-13-19-6-2-1-3-7-19)27(34)32-28(37)31-22-9-4-8-20(16-22)26(33)30-18-23-10-5-14-35-23/h1-12,14,16-17H,13,15,18H2,(H,30,33)(H2,31,32,34,37). The van der Waals surface area contributed by atoms with E-state index in [2.05, 4.69) is 44.0 Å². The largest absolute Gasteiger partial charge is 0.492 e. The van der Waals surface area contributed by atoms with Crippen molar-refractivity contribution in [2.45, 2.75) is 13.0 Å². The lowest BCUT2D eigenvalue weighted by atomic mass is 10.2. The molecule has 4 rings (SSSR count). The molecule has 188 valence electrons. The zero-order valence-electron chi connectivity index (χ0n) is 19.7. The summed E-state index contributed by atoms with van der Waals surface area (Å²) in [4.78, 5) is 25.1. The van der Waals surface area contributed by atoms with Crippen LogP contribution in [0.4, 0.5) is 5.69 Å². The number of carbonyl (C=O) groups excluding carboxylic acids is 2. The minimum absolute atomic E-state index is 0.109. The van der Waals surface area contributed by atoms with E-state index in [0.717, 1.165) is 6.42 Å². The molecule has 0 bridgehead atoms. The fourth-order valence-corrected chi connectivity index (χ4v) is 4.14. The fraction of sp³-hybridized carbons (Fsp3) is 0.107. The molecule has 0 saturated heterocycles. The quantitative estimate of drug-likeness (QED) is 0.220. The highest BCUT2D eigenvalue weighted by atomic mass is 79.9. The zero-order valence-corrected chi connectivity index (χ0v) is 22.1. The Kier molecular flexibility index (Phi) is 9.07. The second kappa shape index (κ2) is 12.8. The normalized spacial score (nSPS) is 10.4. The van der Waals surface area contributed by atoms with Crippen LogP contribution >= 0.6 is 28.1 Å². The molecule has 0 aliphatic carbocycles. The Morgan fingerprint density at radius 3 is 2.46 bits per heavy atom. The van der Waals surface area contributed by atoms with Crippen molar-refractivity contribution in [1.82, 2.24) is 10.6 Å². The SMILES string of the molecule is O=C(NCc1ccco1)c1cccc(NC(=S)NC(=O)c2ccc(OCCc3ccccc3)c(Br)c2)c1. The Morgan fingerprint density at radius 1 is 0.892 bits per heavy atom. The van der Waals surface area contributed by atoms with E-state index >= 15 is 0 Å². The predicted molar refractivity (Wildman–Crippen MR) is 150 cm³/mol. The number of thiocarbonyl (C=S) groups is 1. The number of amides is 2. The minimum Gasteiger partial charge on any atom is -0.492 e. The molecule has 4 aromatic rings. The Balaban J connectivity index is 1.28. The molecule has 3 N–H and O–H groups in total. The number of benzene rings is 3. The van der Waals surface area contributed by atoms with E-state index in [1.54, 1.807) is 60.9 Å². The lowest BCUT2D eigenvalue weighted by molar-refractivity contribution is 0.0946. The van der Waals surface area contributed by atoms with E-state index in [0.29, 0.717) is 39.4 Å². The van der Waals surface area contributed by atoms with Crippen LogP contribution in [0.3, 0.4) is 0 Å². The van der Waals surface area contributed by atoms with Crippen molar-refractivity contribution in [1.29, 1.82) is 0 Å². The summed E-state index contributed by atoms with van der Waals surface area (Å²) in [5.41, 5.74) is 2.62. The average Bonchev–Trinajstić information content (AvgIpc) is 3.42. The second-order valence-electron chi connectivity index (χ2n) is 7.98. The van der Waals surface area contributed by atoms with Gasteiger partial charge in [0, 0.05) is 23.2 Å². The highest BCUT2D eigenvalue weighted by molar-refractivity contribution is 9.10. The molecule has 3 aromatic carbocycles. The van der Waals surface area contributed by atoms with Crippen molar-refractivity contribution in [2.24, 2.45) is 0 Å². The molecule has 0 fully saturated rings. The predicted octanol–water partition coefficient (Wildman–Crippen LogP) is 5.72. The lowest BCUT2D eigenvalue weighted by Gasteiger charge is -2.12. The lowest BCUT2D eigenvalue weighted by Crippen LogP contribution is -2.34. The van der Waals surface area contributed by atoms with Gasteiger partial charge in [-0.1, -0.05) is 36.4 Å². The third-order valence-electron chi connectivity index (χ3n) is 5.30. The van der Waals surface area contributed by atoms with Crippen molar-refractivity contribution in [2.75, 3.05) is 11.9 Å². The molecule has 1 heterocycles. The fourth-order valence-electron chi connectivity index (χ4n) is 3.44. The van der Waals surface area contributed by atoms with Gasteiger partial charge < -0.3 is 19.8 Å². The summed E-state index contributed by atoms with van der Waals surface area (Å²) < 4.78 is 11.7. The first-order valence-corrected chi connectivity index (χ1v) is 12.7. The first-order valence-electron chi connectivity index (χ1n) is 11.5. The number of nitrogens with one attached hydrogen (secondary N) is 3. The number of ether oxygens (including phenoxy) is 1. The molecule has 0 atom stereocenters. The number of hydrogen-bond acceptors (Lipinski definition) is 5. The first kappa shape index (κ1) is 26.1. The van der Waals surface area contributed by atoms with Gasteiger partial charge in [-0.3, -0.25) is 14.9 Å². The number of halogens is 1. The van der Waals surface area contributed by atoms with E-state index < -0.39 is 0 Å². The van der Waals surface area contributed by atoms with Gasteiger partial charge in [0.25, 0.3) is 11.8 Å². The van der Waals surface area contributed by atoms with Gasteiger partial charge in [0.15, 0.2) is 5.11 Å². The van der Waals surface area contributed by atoms with Crippen molar-refractivity contribution in [3.63, 3.8) is 0 Å². The Bertz CT molecular complexity index is 1380. The summed E-state index contributed by atoms with van der Waals surface area (Å²) in [7, 11) is 0. The average molecular weight is 578 g/mol. The van der Waals surface area contributed by atoms with Gasteiger partial charge in [-0.25, -0.2) is 0 Å². The summed E-state index contributed by atoms with van der Waals surface area (Å²) in [6.45, 7) is 0.798. The highest BCUT2D eigenvalue weighted by Crippen LogP contribution is 2.26. The number of carbonyl (C=O) groups is 2. The Morgan fingerprint density at radius 2 is 1.70 bits per heavy atom. The van der Waals surface area contributed by atoms with E-state index in [1.807, 2.05) is 18.2 Å². The van der Waals surface area contributed by atoms with E-state index in [9.17, 15) is 9.59 Å². The highest BCUT2D eigenvalue weighted by Gasteiger charge is 2.12. The van der Waals surface area contributed by atoms with E-state index in [1.165, 1.54) is 5.56 Å². The van der Waals surface area contributed by atoms with Crippen molar-refractivity contribution >= 4 is 50.8 Å². The van der Waals surface area contributed by atoms with Gasteiger partial charge in [-0.05, 0) is 82.2 Å². The monoisotopic (exact) mass is 577 g/mol. The molecule has 0 unspecified atom stereocenters. The maximum Gasteiger partial charge on any atom is 0.257 e. The number of rotatable bonds is 9. The van der Waals surface area contributed by atoms with E-state index in [-0.39, 0.29) is 23.5 Å². The summed E-state index contributed by atoms with van der Waals surface area (Å²) >= 11 is 8.77. The topological polar surface area (TPSA) is 92.6 Å². The molecule has 0 aliphatic heterocycles. The zero-order chi connectivity index (χ0) is 26.0. The van der Waals surface area contributed by atoms with Gasteiger partial charge in [0.2, 0.25) is 0 Å². The molecule has 0 spiro atoms. The van der Waals surface area contributed by atoms with Crippen LogP contribution < -0.4 is 20.7 Å². The Labute approximate surface area is 228 Å². The van der Waals surface area contributed by atoms with Gasteiger partial charge in [-0.15, -0.1) is 0 Å². The van der Waals surface area contributed by atoms with E-state index in [4.69, 9.17) is 21.4 Å². The molecule has 2 amide bonds. The van der Waals surface area contributed by atoms with Gasteiger partial charge in [-0.2, -0.15) is 0 Å². The van der Waals surface area contributed by atoms with Crippen LogP contribution in [-0.2, 0) is 13.0 Å². The smallest absolute Gasteiger partial charge is 0.257 e. The van der Waals surface area contributed by atoms with Gasteiger partial charge >= 0.3 is 0 Å². The molecular formula is C28H24BrN3O4S. The summed E-state index contributed by atoms with van der Waals surface area (Å²) in [6, 6.07) is 25.5. The maximum absolute atomic E-state index is 12.7. The van der Waals surface area contributed by atoms with Crippen LogP contribution in [0.25, 0.3) is 0 Å². The Hall–Kier alpha value is -3.95. The number of anilines is 1. The van der Waals surface area contributed by atoms with Crippen molar-refractivity contribution < 1.29 is 18.7 Å². The molecule has 0 aliphatic rings. The first-order chi connectivity index (χ1) is 18.0. The molecule has 9 heteroatoms. The van der Waals surface area contributed by atoms with Crippen LogP contribution in [0, 0.1) is 0 Å². The summed E-state index contributed by atoms with van der Waals surface area (Å²) in [6.07, 6.45) is 2.33. The molecule has 0 radical (unpaired) electrons. The summed E-state index contributed by atoms with van der Waals surface area (Å²) in [5.74, 6) is 0.674. The molecule has 0 saturated carbocycles. The van der Waals surface area contributed by atoms with Crippen LogP contribution in [0.1, 0.15) is 32.0 Å². The van der Waals surface area contributed by atoms with Crippen LogP contribution in [0.15, 0.2) is 100 Å². The number of furan rings is 1. The summed E-state index contributed by atoms with van der Waals surface area (Å²) in [5, 5.41) is 8.49. The third kappa shape index (κ3) is 7.77. The molecule has 1 aromatic heterocycles. The molecule has 37 heavy (non-hydrogen) atoms. The molecular weight excluding hydrogens is 554 g/mol.